The van der Waals surface area contributed by atoms with E-state index in [2.05, 4.69) is 4.74 Å². The predicted octanol–water partition coefficient (Wildman–Crippen LogP) is 3.66. The van der Waals surface area contributed by atoms with E-state index in [-0.39, 0.29) is 11.5 Å². The Hall–Kier alpha value is -1.45. The van der Waals surface area contributed by atoms with E-state index in [1.165, 1.54) is 37.1 Å². The van der Waals surface area contributed by atoms with E-state index >= 15 is 0 Å². The number of ether oxygens (including phenoxy) is 1. The van der Waals surface area contributed by atoms with Gasteiger partial charge in [0.25, 0.3) is 0 Å². The highest BCUT2D eigenvalue weighted by Crippen LogP contribution is 2.33. The molecule has 1 aliphatic rings. The highest BCUT2D eigenvalue weighted by atomic mass is 19.3. The number of Topliss-reactive ketones (excluding diaryl/α,β-unsaturated/α-hetero) is 1. The third-order valence-electron chi connectivity index (χ3n) is 2.88. The van der Waals surface area contributed by atoms with Gasteiger partial charge in [0.15, 0.2) is 5.78 Å². The zero-order valence-corrected chi connectivity index (χ0v) is 9.36. The first-order valence-corrected chi connectivity index (χ1v) is 5.73. The maximum absolute atomic E-state index is 11.9. The number of alkyl halides is 2. The molecule has 1 fully saturated rings. The number of carbonyl (C=O) groups excluding carboxylic acids is 1. The minimum absolute atomic E-state index is 0.0699. The number of benzene rings is 1. The van der Waals surface area contributed by atoms with Crippen molar-refractivity contribution in [2.45, 2.75) is 32.3 Å². The molecular weight excluding hydrogens is 226 g/mol. The van der Waals surface area contributed by atoms with Crippen LogP contribution in [0.4, 0.5) is 8.78 Å². The lowest BCUT2D eigenvalue weighted by molar-refractivity contribution is -0.0498. The van der Waals surface area contributed by atoms with E-state index in [4.69, 9.17) is 0 Å². The van der Waals surface area contributed by atoms with Gasteiger partial charge in [0.05, 0.1) is 0 Å². The van der Waals surface area contributed by atoms with E-state index in [1.807, 2.05) is 0 Å². The average molecular weight is 240 g/mol. The molecule has 1 aliphatic carbocycles. The molecule has 0 heterocycles. The Kier molecular flexibility index (Phi) is 3.71. The van der Waals surface area contributed by atoms with Gasteiger partial charge in [-0.1, -0.05) is 12.8 Å². The molecule has 92 valence electrons. The maximum Gasteiger partial charge on any atom is 0.387 e. The Balaban J connectivity index is 1.89. The summed E-state index contributed by atoms with van der Waals surface area (Å²) < 4.78 is 28.0. The van der Waals surface area contributed by atoms with Crippen LogP contribution >= 0.6 is 0 Å². The smallest absolute Gasteiger partial charge is 0.387 e. The van der Waals surface area contributed by atoms with Gasteiger partial charge in [0.1, 0.15) is 5.75 Å². The Morgan fingerprint density at radius 2 is 1.94 bits per heavy atom. The maximum atomic E-state index is 11.9. The molecule has 0 atom stereocenters. The number of carbonyl (C=O) groups is 1. The Morgan fingerprint density at radius 1 is 1.29 bits per heavy atom. The number of hydrogen-bond acceptors (Lipinski definition) is 2. The van der Waals surface area contributed by atoms with Crippen molar-refractivity contribution < 1.29 is 18.3 Å². The molecule has 1 aromatic rings. The second-order valence-electron chi connectivity index (χ2n) is 4.31. The van der Waals surface area contributed by atoms with Crippen LogP contribution in [0.3, 0.4) is 0 Å². The van der Waals surface area contributed by atoms with E-state index in [9.17, 15) is 13.6 Å². The summed E-state index contributed by atoms with van der Waals surface area (Å²) in [4.78, 5) is 11.7. The van der Waals surface area contributed by atoms with Gasteiger partial charge >= 0.3 is 6.61 Å². The summed E-state index contributed by atoms with van der Waals surface area (Å²) in [6.45, 7) is -2.83. The molecule has 2 rings (SSSR count). The lowest BCUT2D eigenvalue weighted by Gasteiger charge is -2.05. The number of halogens is 2. The van der Waals surface area contributed by atoms with Gasteiger partial charge in [-0.15, -0.1) is 0 Å². The Labute approximate surface area is 98.6 Å². The third kappa shape index (κ3) is 3.80. The van der Waals surface area contributed by atoms with Crippen molar-refractivity contribution in [1.29, 1.82) is 0 Å². The molecule has 0 unspecified atom stereocenters. The molecule has 0 aromatic heterocycles. The molecule has 0 N–H and O–H groups in total. The topological polar surface area (TPSA) is 26.3 Å². The molecule has 0 spiro atoms. The van der Waals surface area contributed by atoms with Crippen molar-refractivity contribution in [2.75, 3.05) is 0 Å². The quantitative estimate of drug-likeness (QED) is 0.709. The molecule has 1 saturated carbocycles. The first-order valence-electron chi connectivity index (χ1n) is 5.73. The Bertz CT molecular complexity index is 383. The minimum atomic E-state index is -2.83. The first-order chi connectivity index (χ1) is 8.15. The van der Waals surface area contributed by atoms with Gasteiger partial charge in [-0.3, -0.25) is 4.79 Å². The van der Waals surface area contributed by atoms with Crippen LogP contribution in [0.15, 0.2) is 24.3 Å². The number of hydrogen-bond donors (Lipinski definition) is 0. The van der Waals surface area contributed by atoms with E-state index in [0.29, 0.717) is 12.0 Å². The van der Waals surface area contributed by atoms with Gasteiger partial charge in [0, 0.05) is 12.0 Å². The lowest BCUT2D eigenvalue weighted by atomic mass is 10.1. The normalized spacial score (nSPS) is 15.0. The zero-order valence-electron chi connectivity index (χ0n) is 9.36. The van der Waals surface area contributed by atoms with Crippen molar-refractivity contribution in [3.8, 4) is 5.75 Å². The largest absolute Gasteiger partial charge is 0.435 e. The molecule has 0 amide bonds. The van der Waals surface area contributed by atoms with Crippen molar-refractivity contribution in [1.82, 2.24) is 0 Å². The van der Waals surface area contributed by atoms with Crippen LogP contribution in [0.1, 0.15) is 36.0 Å². The molecule has 0 radical (unpaired) electrons. The highest BCUT2D eigenvalue weighted by Gasteiger charge is 2.22. The van der Waals surface area contributed by atoms with Gasteiger partial charge < -0.3 is 4.74 Å². The van der Waals surface area contributed by atoms with Gasteiger partial charge in [-0.25, -0.2) is 0 Å². The van der Waals surface area contributed by atoms with Gasteiger partial charge in [-0.05, 0) is 36.6 Å². The summed E-state index contributed by atoms with van der Waals surface area (Å²) in [5, 5.41) is 0. The van der Waals surface area contributed by atoms with Gasteiger partial charge in [0.2, 0.25) is 0 Å². The van der Waals surface area contributed by atoms with Crippen molar-refractivity contribution in [3.05, 3.63) is 29.8 Å². The van der Waals surface area contributed by atoms with Crippen molar-refractivity contribution in [3.63, 3.8) is 0 Å². The van der Waals surface area contributed by atoms with Crippen molar-refractivity contribution in [2.24, 2.45) is 5.92 Å². The molecular formula is C13H14F2O2. The standard InChI is InChI=1S/C13H14F2O2/c14-13(15)17-11-6-4-10(5-7-11)12(16)8-3-9-1-2-9/h4-7,9,13H,1-3,8H2. The fourth-order valence-electron chi connectivity index (χ4n) is 1.71. The summed E-state index contributed by atoms with van der Waals surface area (Å²) in [7, 11) is 0. The minimum Gasteiger partial charge on any atom is -0.435 e. The molecule has 4 heteroatoms. The summed E-state index contributed by atoms with van der Waals surface area (Å²) in [5.74, 6) is 0.875. The predicted molar refractivity (Wildman–Crippen MR) is 59.4 cm³/mol. The second-order valence-corrected chi connectivity index (χ2v) is 4.31. The van der Waals surface area contributed by atoms with Crippen molar-refractivity contribution >= 4 is 5.78 Å². The third-order valence-corrected chi connectivity index (χ3v) is 2.88. The first kappa shape index (κ1) is 12.0. The van der Waals surface area contributed by atoms with Crippen LogP contribution in [0.25, 0.3) is 0 Å². The fraction of sp³-hybridized carbons (Fsp3) is 0.462. The molecule has 0 bridgehead atoms. The van der Waals surface area contributed by atoms with Crippen LogP contribution in [-0.4, -0.2) is 12.4 Å². The van der Waals surface area contributed by atoms with Crippen LogP contribution in [-0.2, 0) is 0 Å². The molecule has 17 heavy (non-hydrogen) atoms. The second kappa shape index (κ2) is 5.25. The summed E-state index contributed by atoms with van der Waals surface area (Å²) in [6, 6.07) is 5.87. The lowest BCUT2D eigenvalue weighted by Crippen LogP contribution is -2.03. The molecule has 0 aliphatic heterocycles. The number of ketones is 1. The van der Waals surface area contributed by atoms with Crippen LogP contribution in [0, 0.1) is 5.92 Å². The summed E-state index contributed by atoms with van der Waals surface area (Å²) >= 11 is 0. The van der Waals surface area contributed by atoms with Gasteiger partial charge in [-0.2, -0.15) is 8.78 Å². The SMILES string of the molecule is O=C(CCC1CC1)c1ccc(OC(F)F)cc1. The van der Waals surface area contributed by atoms with E-state index in [1.54, 1.807) is 0 Å². The van der Waals surface area contributed by atoms with E-state index < -0.39 is 6.61 Å². The average Bonchev–Trinajstić information content (AvgIpc) is 3.10. The fourth-order valence-corrected chi connectivity index (χ4v) is 1.71. The monoisotopic (exact) mass is 240 g/mol. The summed E-state index contributed by atoms with van der Waals surface area (Å²) in [6.07, 6.45) is 3.94. The Morgan fingerprint density at radius 3 is 2.47 bits per heavy atom. The zero-order chi connectivity index (χ0) is 12.3. The van der Waals surface area contributed by atoms with E-state index in [0.717, 1.165) is 12.3 Å². The molecule has 2 nitrogen and oxygen atoms in total. The van der Waals surface area contributed by atoms with Crippen LogP contribution in [0.5, 0.6) is 5.75 Å². The number of rotatable bonds is 6. The molecule has 1 aromatic carbocycles. The van der Waals surface area contributed by atoms with Crippen LogP contribution in [0.2, 0.25) is 0 Å². The highest BCUT2D eigenvalue weighted by molar-refractivity contribution is 5.96. The summed E-state index contributed by atoms with van der Waals surface area (Å²) in [5.41, 5.74) is 0.562. The van der Waals surface area contributed by atoms with Crippen LogP contribution < -0.4 is 4.74 Å². The molecule has 0 saturated heterocycles.